The van der Waals surface area contributed by atoms with Gasteiger partial charge in [-0.2, -0.15) is 0 Å². The molecule has 0 aromatic carbocycles. The van der Waals surface area contributed by atoms with Gasteiger partial charge in [-0.05, 0) is 75.3 Å². The number of carbonyl (C=O) groups is 4. The second-order valence-corrected chi connectivity index (χ2v) is 11.7. The number of hydrogen-bond donors (Lipinski definition) is 2. The van der Waals surface area contributed by atoms with Crippen molar-refractivity contribution in [2.24, 2.45) is 11.8 Å². The maximum atomic E-state index is 12.9. The van der Waals surface area contributed by atoms with E-state index in [0.29, 0.717) is 33.0 Å². The molecule has 2 N–H and O–H groups in total. The molecule has 0 bridgehead atoms. The summed E-state index contributed by atoms with van der Waals surface area (Å²) in [7, 11) is 0. The Bertz CT molecular complexity index is 1110. The SMILES string of the molecule is CCOC(=O)c1c(NC(=O)C(=O)Nc2sc3c(c2C(=O)OCC)CC[C@H](C)C3)sc2c1CC[C@H](C)C2. The van der Waals surface area contributed by atoms with Gasteiger partial charge in [0, 0.05) is 9.75 Å². The van der Waals surface area contributed by atoms with Gasteiger partial charge in [0.25, 0.3) is 0 Å². The van der Waals surface area contributed by atoms with Crippen LogP contribution in [-0.4, -0.2) is 37.0 Å². The van der Waals surface area contributed by atoms with E-state index in [4.69, 9.17) is 9.47 Å². The van der Waals surface area contributed by atoms with Crippen LogP contribution in [0, 0.1) is 11.8 Å². The molecule has 2 aromatic rings. The van der Waals surface area contributed by atoms with E-state index >= 15 is 0 Å². The third kappa shape index (κ3) is 5.34. The number of esters is 2. The van der Waals surface area contributed by atoms with Crippen molar-refractivity contribution in [1.29, 1.82) is 0 Å². The molecule has 0 radical (unpaired) electrons. The normalized spacial score (nSPS) is 18.6. The van der Waals surface area contributed by atoms with Gasteiger partial charge < -0.3 is 20.1 Å². The molecule has 2 aliphatic rings. The number of carbonyl (C=O) groups excluding carboxylic acids is 4. The van der Waals surface area contributed by atoms with Gasteiger partial charge in [0.1, 0.15) is 10.0 Å². The molecule has 2 heterocycles. The van der Waals surface area contributed by atoms with Crippen molar-refractivity contribution in [3.05, 3.63) is 32.0 Å². The van der Waals surface area contributed by atoms with E-state index in [-0.39, 0.29) is 13.2 Å². The Morgan fingerprint density at radius 3 is 1.50 bits per heavy atom. The van der Waals surface area contributed by atoms with Gasteiger partial charge in [-0.3, -0.25) is 9.59 Å². The minimum absolute atomic E-state index is 0.214. The second kappa shape index (κ2) is 11.1. The number of ether oxygens (including phenoxy) is 2. The molecule has 10 heteroatoms. The van der Waals surface area contributed by atoms with Crippen molar-refractivity contribution in [2.45, 2.75) is 66.2 Å². The summed E-state index contributed by atoms with van der Waals surface area (Å²) in [6.45, 7) is 8.19. The Labute approximate surface area is 218 Å². The average Bonchev–Trinajstić information content (AvgIpc) is 3.35. The molecule has 0 unspecified atom stereocenters. The van der Waals surface area contributed by atoms with Crippen LogP contribution in [0.3, 0.4) is 0 Å². The Balaban J connectivity index is 1.58. The topological polar surface area (TPSA) is 111 Å². The van der Waals surface area contributed by atoms with Crippen LogP contribution in [0.4, 0.5) is 10.0 Å². The molecule has 0 spiro atoms. The molecular weight excluding hydrogens is 500 g/mol. The smallest absolute Gasteiger partial charge is 0.341 e. The van der Waals surface area contributed by atoms with E-state index in [9.17, 15) is 19.2 Å². The number of hydrogen-bond acceptors (Lipinski definition) is 8. The largest absolute Gasteiger partial charge is 0.462 e. The maximum Gasteiger partial charge on any atom is 0.341 e. The Morgan fingerprint density at radius 2 is 1.14 bits per heavy atom. The van der Waals surface area contributed by atoms with E-state index in [1.807, 2.05) is 0 Å². The number of thiophene rings is 2. The highest BCUT2D eigenvalue weighted by Crippen LogP contribution is 2.41. The maximum absolute atomic E-state index is 12.9. The fourth-order valence-electron chi connectivity index (χ4n) is 4.84. The standard InChI is InChI=1S/C26H32N2O6S2/c1-5-33-25(31)19-15-9-7-13(3)11-17(15)35-23(19)27-21(29)22(30)28-24-20(26(32)34-6-2)16-10-8-14(4)12-18(16)36-24/h13-14H,5-12H2,1-4H3,(H,27,29)(H,28,30)/t13-,14-/m0/s1. The minimum Gasteiger partial charge on any atom is -0.462 e. The van der Waals surface area contributed by atoms with E-state index in [2.05, 4.69) is 24.5 Å². The molecule has 2 atom stereocenters. The van der Waals surface area contributed by atoms with E-state index in [1.54, 1.807) is 13.8 Å². The molecule has 2 aliphatic carbocycles. The van der Waals surface area contributed by atoms with Crippen molar-refractivity contribution in [3.63, 3.8) is 0 Å². The molecule has 0 saturated carbocycles. The monoisotopic (exact) mass is 532 g/mol. The number of amides is 2. The van der Waals surface area contributed by atoms with Crippen LogP contribution in [0.1, 0.15) is 82.1 Å². The van der Waals surface area contributed by atoms with Crippen molar-refractivity contribution >= 4 is 56.4 Å². The summed E-state index contributed by atoms with van der Waals surface area (Å²) in [5, 5.41) is 5.94. The summed E-state index contributed by atoms with van der Waals surface area (Å²) in [4.78, 5) is 53.4. The first-order valence-corrected chi connectivity index (χ1v) is 14.1. The second-order valence-electron chi connectivity index (χ2n) is 9.46. The van der Waals surface area contributed by atoms with Gasteiger partial charge in [0.15, 0.2) is 0 Å². The molecule has 8 nitrogen and oxygen atoms in total. The van der Waals surface area contributed by atoms with Crippen molar-refractivity contribution < 1.29 is 28.7 Å². The number of rotatable bonds is 6. The predicted octanol–water partition coefficient (Wildman–Crippen LogP) is 4.99. The van der Waals surface area contributed by atoms with Gasteiger partial charge in [0.2, 0.25) is 0 Å². The lowest BCUT2D eigenvalue weighted by molar-refractivity contribution is -0.132. The molecule has 2 amide bonds. The molecule has 0 aliphatic heterocycles. The molecular formula is C26H32N2O6S2. The number of anilines is 2. The van der Waals surface area contributed by atoms with Crippen molar-refractivity contribution in [3.8, 4) is 0 Å². The zero-order valence-corrected chi connectivity index (χ0v) is 22.7. The average molecular weight is 533 g/mol. The fourth-order valence-corrected chi connectivity index (χ4v) is 7.62. The summed E-state index contributed by atoms with van der Waals surface area (Å²) in [5.41, 5.74) is 2.49. The van der Waals surface area contributed by atoms with Crippen LogP contribution >= 0.6 is 22.7 Å². The van der Waals surface area contributed by atoms with Gasteiger partial charge in [-0.25, -0.2) is 9.59 Å². The highest BCUT2D eigenvalue weighted by Gasteiger charge is 2.32. The van der Waals surface area contributed by atoms with Gasteiger partial charge in [-0.1, -0.05) is 13.8 Å². The molecule has 0 saturated heterocycles. The summed E-state index contributed by atoms with van der Waals surface area (Å²) in [5.74, 6) is -1.84. The molecule has 4 rings (SSSR count). The van der Waals surface area contributed by atoms with Crippen molar-refractivity contribution in [1.82, 2.24) is 0 Å². The third-order valence-electron chi connectivity index (χ3n) is 6.64. The Morgan fingerprint density at radius 1 is 0.750 bits per heavy atom. The van der Waals surface area contributed by atoms with Crippen LogP contribution in [0.5, 0.6) is 0 Å². The summed E-state index contributed by atoms with van der Waals surface area (Å²) < 4.78 is 10.5. The fraction of sp³-hybridized carbons (Fsp3) is 0.538. The summed E-state index contributed by atoms with van der Waals surface area (Å²) >= 11 is 2.65. The Kier molecular flexibility index (Phi) is 8.14. The van der Waals surface area contributed by atoms with Gasteiger partial charge in [0.05, 0.1) is 24.3 Å². The van der Waals surface area contributed by atoms with Crippen LogP contribution < -0.4 is 10.6 Å². The summed E-state index contributed by atoms with van der Waals surface area (Å²) in [6, 6.07) is 0. The minimum atomic E-state index is -0.901. The van der Waals surface area contributed by atoms with Crippen LogP contribution in [0.15, 0.2) is 0 Å². The van der Waals surface area contributed by atoms with E-state index < -0.39 is 23.8 Å². The lowest BCUT2D eigenvalue weighted by Gasteiger charge is -2.18. The first kappa shape index (κ1) is 26.3. The summed E-state index contributed by atoms with van der Waals surface area (Å²) in [6.07, 6.45) is 4.98. The lowest BCUT2D eigenvalue weighted by Crippen LogP contribution is -2.30. The molecule has 0 fully saturated rings. The molecule has 36 heavy (non-hydrogen) atoms. The highest BCUT2D eigenvalue weighted by atomic mass is 32.1. The lowest BCUT2D eigenvalue weighted by atomic mass is 9.88. The zero-order valence-electron chi connectivity index (χ0n) is 21.1. The highest BCUT2D eigenvalue weighted by molar-refractivity contribution is 7.17. The number of nitrogens with one attached hydrogen (secondary N) is 2. The molecule has 194 valence electrons. The van der Waals surface area contributed by atoms with E-state index in [0.717, 1.165) is 59.4 Å². The zero-order chi connectivity index (χ0) is 26.0. The first-order chi connectivity index (χ1) is 17.2. The first-order valence-electron chi connectivity index (χ1n) is 12.5. The van der Waals surface area contributed by atoms with Gasteiger partial charge >= 0.3 is 23.8 Å². The van der Waals surface area contributed by atoms with Gasteiger partial charge in [-0.15, -0.1) is 22.7 Å². The van der Waals surface area contributed by atoms with Crippen LogP contribution in [-0.2, 0) is 44.7 Å². The Hall–Kier alpha value is -2.72. The van der Waals surface area contributed by atoms with Crippen LogP contribution in [0.2, 0.25) is 0 Å². The van der Waals surface area contributed by atoms with Crippen molar-refractivity contribution in [2.75, 3.05) is 23.8 Å². The quantitative estimate of drug-likeness (QED) is 0.401. The number of fused-ring (bicyclic) bond motifs is 2. The van der Waals surface area contributed by atoms with E-state index in [1.165, 1.54) is 22.7 Å². The van der Waals surface area contributed by atoms with Crippen LogP contribution in [0.25, 0.3) is 0 Å². The third-order valence-corrected chi connectivity index (χ3v) is 8.98. The molecule has 2 aromatic heterocycles. The predicted molar refractivity (Wildman–Crippen MR) is 140 cm³/mol.